The number of urea groups is 1. The van der Waals surface area contributed by atoms with Crippen molar-refractivity contribution >= 4 is 34.9 Å². The van der Waals surface area contributed by atoms with E-state index in [1.54, 1.807) is 0 Å². The van der Waals surface area contributed by atoms with E-state index in [1.165, 1.54) is 18.2 Å². The van der Waals surface area contributed by atoms with Crippen LogP contribution < -0.4 is 5.32 Å². The first-order chi connectivity index (χ1) is 8.93. The Hall–Kier alpha value is -1.11. The zero-order chi connectivity index (χ0) is 14.4. The third kappa shape index (κ3) is 5.18. The topological polar surface area (TPSA) is 52.6 Å². The molecule has 2 N–H and O–H groups in total. The van der Waals surface area contributed by atoms with Crippen LogP contribution in [0.1, 0.15) is 0 Å². The molecule has 1 aromatic rings. The first-order valence-corrected chi connectivity index (χ1v) is 6.09. The summed E-state index contributed by atoms with van der Waals surface area (Å²) in [5.41, 5.74) is 0.330. The molecule has 1 rings (SSSR count). The number of hydrogen-bond acceptors (Lipinski definition) is 2. The van der Waals surface area contributed by atoms with Gasteiger partial charge in [-0.25, -0.2) is 13.6 Å². The number of carbonyl (C=O) groups is 1. The van der Waals surface area contributed by atoms with E-state index < -0.39 is 25.6 Å². The maximum absolute atomic E-state index is 12.3. The molecule has 0 aliphatic heterocycles. The molecule has 0 fully saturated rings. The van der Waals surface area contributed by atoms with Gasteiger partial charge in [0, 0.05) is 12.2 Å². The number of benzene rings is 1. The Kier molecular flexibility index (Phi) is 6.27. The third-order valence-electron chi connectivity index (χ3n) is 2.19. The maximum Gasteiger partial charge on any atom is 0.322 e. The third-order valence-corrected chi connectivity index (χ3v) is 2.93. The number of hydrogen-bond donors (Lipinski definition) is 2. The van der Waals surface area contributed by atoms with Crippen LogP contribution in [0.4, 0.5) is 19.3 Å². The summed E-state index contributed by atoms with van der Waals surface area (Å²) in [5.74, 6) is 0. The molecule has 0 saturated heterocycles. The first kappa shape index (κ1) is 15.9. The summed E-state index contributed by atoms with van der Waals surface area (Å²) in [6, 6.07) is 3.63. The Morgan fingerprint density at radius 1 is 1.37 bits per heavy atom. The van der Waals surface area contributed by atoms with Crippen LogP contribution in [-0.4, -0.2) is 42.2 Å². The van der Waals surface area contributed by atoms with Gasteiger partial charge in [-0.15, -0.1) is 0 Å². The van der Waals surface area contributed by atoms with Crippen molar-refractivity contribution in [1.82, 2.24) is 4.90 Å². The normalized spacial score (nSPS) is 10.6. The lowest BCUT2D eigenvalue weighted by molar-refractivity contribution is 0.0943. The van der Waals surface area contributed by atoms with Gasteiger partial charge >= 0.3 is 6.03 Å². The second-order valence-electron chi connectivity index (χ2n) is 3.62. The van der Waals surface area contributed by atoms with Crippen LogP contribution in [0.3, 0.4) is 0 Å². The molecule has 4 nitrogen and oxygen atoms in total. The van der Waals surface area contributed by atoms with Crippen molar-refractivity contribution in [1.29, 1.82) is 0 Å². The van der Waals surface area contributed by atoms with Crippen LogP contribution in [0, 0.1) is 0 Å². The number of nitrogens with zero attached hydrogens (tertiary/aromatic N) is 1. The number of nitrogens with one attached hydrogen (secondary N) is 1. The summed E-state index contributed by atoms with van der Waals surface area (Å²) >= 11 is 11.5. The molecule has 0 aromatic heterocycles. The molecule has 8 heteroatoms. The number of alkyl halides is 2. The highest BCUT2D eigenvalue weighted by atomic mass is 35.5. The average molecular weight is 313 g/mol. The van der Waals surface area contributed by atoms with E-state index in [2.05, 4.69) is 5.32 Å². The summed E-state index contributed by atoms with van der Waals surface area (Å²) in [7, 11) is 0. The highest BCUT2D eigenvalue weighted by Crippen LogP contribution is 2.25. The molecular formula is C11H12Cl2F2N2O2. The van der Waals surface area contributed by atoms with Gasteiger partial charge in [-0.05, 0) is 18.2 Å². The first-order valence-electron chi connectivity index (χ1n) is 5.34. The van der Waals surface area contributed by atoms with Crippen molar-refractivity contribution in [2.45, 2.75) is 6.43 Å². The van der Waals surface area contributed by atoms with Crippen molar-refractivity contribution < 1.29 is 18.7 Å². The summed E-state index contributed by atoms with van der Waals surface area (Å²) in [6.45, 7) is -1.34. The van der Waals surface area contributed by atoms with Crippen LogP contribution in [-0.2, 0) is 0 Å². The fraction of sp³-hybridized carbons (Fsp3) is 0.364. The second kappa shape index (κ2) is 7.47. The van der Waals surface area contributed by atoms with Crippen molar-refractivity contribution in [3.8, 4) is 0 Å². The molecule has 0 aliphatic rings. The molecule has 0 atom stereocenters. The minimum absolute atomic E-state index is 0.183. The largest absolute Gasteiger partial charge is 0.395 e. The monoisotopic (exact) mass is 312 g/mol. The van der Waals surface area contributed by atoms with Crippen LogP contribution in [0.2, 0.25) is 10.0 Å². The van der Waals surface area contributed by atoms with Crippen molar-refractivity contribution in [2.24, 2.45) is 0 Å². The average Bonchev–Trinajstić information content (AvgIpc) is 2.33. The zero-order valence-electron chi connectivity index (χ0n) is 9.75. The van der Waals surface area contributed by atoms with E-state index in [9.17, 15) is 13.6 Å². The second-order valence-corrected chi connectivity index (χ2v) is 4.43. The van der Waals surface area contributed by atoms with Crippen LogP contribution in [0.15, 0.2) is 18.2 Å². The molecule has 2 amide bonds. The van der Waals surface area contributed by atoms with E-state index in [4.69, 9.17) is 28.3 Å². The smallest absolute Gasteiger partial charge is 0.322 e. The molecule has 0 spiro atoms. The minimum Gasteiger partial charge on any atom is -0.395 e. The van der Waals surface area contributed by atoms with Crippen LogP contribution in [0.25, 0.3) is 0 Å². The van der Waals surface area contributed by atoms with Gasteiger partial charge in [0.25, 0.3) is 6.43 Å². The number of anilines is 1. The predicted octanol–water partition coefficient (Wildman–Crippen LogP) is 3.08. The lowest BCUT2D eigenvalue weighted by Crippen LogP contribution is -2.40. The predicted molar refractivity (Wildman–Crippen MR) is 70.1 cm³/mol. The highest BCUT2D eigenvalue weighted by Gasteiger charge is 2.17. The summed E-state index contributed by atoms with van der Waals surface area (Å²) < 4.78 is 24.6. The van der Waals surface area contributed by atoms with Gasteiger partial charge in [-0.3, -0.25) is 0 Å². The molecule has 19 heavy (non-hydrogen) atoms. The van der Waals surface area contributed by atoms with Crippen LogP contribution in [0.5, 0.6) is 0 Å². The van der Waals surface area contributed by atoms with E-state index in [0.29, 0.717) is 10.7 Å². The lowest BCUT2D eigenvalue weighted by atomic mass is 10.3. The fourth-order valence-corrected chi connectivity index (χ4v) is 1.64. The lowest BCUT2D eigenvalue weighted by Gasteiger charge is -2.21. The van der Waals surface area contributed by atoms with Crippen LogP contribution >= 0.6 is 23.2 Å². The molecule has 0 saturated carbocycles. The number of halogens is 4. The Morgan fingerprint density at radius 3 is 2.58 bits per heavy atom. The van der Waals surface area contributed by atoms with Gasteiger partial charge in [0.05, 0.1) is 23.2 Å². The quantitative estimate of drug-likeness (QED) is 0.878. The Labute approximate surface area is 118 Å². The molecule has 0 heterocycles. The van der Waals surface area contributed by atoms with Crippen molar-refractivity contribution in [3.05, 3.63) is 28.2 Å². The fourth-order valence-electron chi connectivity index (χ4n) is 1.34. The Bertz CT molecular complexity index is 447. The Morgan fingerprint density at radius 2 is 2.05 bits per heavy atom. The molecular weight excluding hydrogens is 301 g/mol. The Balaban J connectivity index is 2.72. The molecule has 0 unspecified atom stereocenters. The minimum atomic E-state index is -2.67. The SMILES string of the molecule is O=C(Nc1ccc(Cl)c(Cl)c1)N(CCO)CC(F)F. The highest BCUT2D eigenvalue weighted by molar-refractivity contribution is 6.42. The molecule has 1 aromatic carbocycles. The number of aliphatic hydroxyl groups is 1. The molecule has 0 aliphatic carbocycles. The van der Waals surface area contributed by atoms with Gasteiger partial charge in [0.1, 0.15) is 0 Å². The van der Waals surface area contributed by atoms with Gasteiger partial charge in [0.2, 0.25) is 0 Å². The number of amides is 2. The van der Waals surface area contributed by atoms with E-state index in [1.807, 2.05) is 0 Å². The van der Waals surface area contributed by atoms with Crippen molar-refractivity contribution in [2.75, 3.05) is 25.0 Å². The summed E-state index contributed by atoms with van der Waals surface area (Å²) in [5, 5.41) is 11.7. The van der Waals surface area contributed by atoms with Gasteiger partial charge in [-0.1, -0.05) is 23.2 Å². The number of aliphatic hydroxyl groups excluding tert-OH is 1. The number of rotatable bonds is 5. The molecule has 0 bridgehead atoms. The number of carbonyl (C=O) groups excluding carboxylic acids is 1. The summed E-state index contributed by atoms with van der Waals surface area (Å²) in [4.78, 5) is 12.5. The van der Waals surface area contributed by atoms with E-state index in [0.717, 1.165) is 4.90 Å². The standard InChI is InChI=1S/C11H12Cl2F2N2O2/c12-8-2-1-7(5-9(8)13)16-11(19)17(3-4-18)6-10(14)15/h1-2,5,10,18H,3-4,6H2,(H,16,19). The summed E-state index contributed by atoms with van der Waals surface area (Å²) in [6.07, 6.45) is -2.67. The van der Waals surface area contributed by atoms with Gasteiger partial charge in [0.15, 0.2) is 0 Å². The zero-order valence-corrected chi connectivity index (χ0v) is 11.3. The molecule has 0 radical (unpaired) electrons. The maximum atomic E-state index is 12.3. The molecule has 106 valence electrons. The van der Waals surface area contributed by atoms with Crippen molar-refractivity contribution in [3.63, 3.8) is 0 Å². The van der Waals surface area contributed by atoms with E-state index in [-0.39, 0.29) is 11.6 Å². The van der Waals surface area contributed by atoms with Gasteiger partial charge in [-0.2, -0.15) is 0 Å². The van der Waals surface area contributed by atoms with Gasteiger partial charge < -0.3 is 15.3 Å². The van der Waals surface area contributed by atoms with E-state index >= 15 is 0 Å².